The summed E-state index contributed by atoms with van der Waals surface area (Å²) in [6, 6.07) is 15.2. The molecular weight excluding hydrogens is 489 g/mol. The molecule has 0 radical (unpaired) electrons. The lowest BCUT2D eigenvalue weighted by Gasteiger charge is -2.18. The Labute approximate surface area is 213 Å². The minimum Gasteiger partial charge on any atom is -0.488 e. The van der Waals surface area contributed by atoms with E-state index in [0.717, 1.165) is 54.2 Å². The fourth-order valence-electron chi connectivity index (χ4n) is 3.90. The summed E-state index contributed by atoms with van der Waals surface area (Å²) in [7, 11) is 0. The van der Waals surface area contributed by atoms with Crippen LogP contribution in [0.2, 0.25) is 10.0 Å². The number of hydrogen-bond donors (Lipinski definition) is 3. The maximum Gasteiger partial charge on any atom is 0.326 e. The zero-order valence-electron chi connectivity index (χ0n) is 18.9. The van der Waals surface area contributed by atoms with Gasteiger partial charge in [-0.15, -0.1) is 0 Å². The minimum absolute atomic E-state index is 0.0640. The predicted octanol–water partition coefficient (Wildman–Crippen LogP) is 4.79. The number of ether oxygens (including phenoxy) is 1. The third-order valence-electron chi connectivity index (χ3n) is 5.72. The molecule has 1 atom stereocenters. The number of carbonyl (C=O) groups excluding carboxylic acids is 1. The first-order chi connectivity index (χ1) is 16.9. The summed E-state index contributed by atoms with van der Waals surface area (Å²) in [6.07, 6.45) is 2.78. The molecule has 0 saturated heterocycles. The van der Waals surface area contributed by atoms with Crippen LogP contribution in [0.25, 0.3) is 0 Å². The van der Waals surface area contributed by atoms with E-state index < -0.39 is 17.9 Å². The van der Waals surface area contributed by atoms with E-state index >= 15 is 0 Å². The fraction of sp³-hybridized carbons (Fsp3) is 0.269. The van der Waals surface area contributed by atoms with Crippen molar-refractivity contribution in [1.29, 1.82) is 0 Å². The molecule has 3 N–H and O–H groups in total. The molecule has 1 amide bonds. The normalized spacial score (nSPS) is 13.2. The van der Waals surface area contributed by atoms with Gasteiger partial charge in [0.2, 0.25) is 0 Å². The average molecular weight is 514 g/mol. The van der Waals surface area contributed by atoms with Gasteiger partial charge in [-0.1, -0.05) is 53.5 Å². The number of carbonyl (C=O) groups is 2. The molecule has 4 rings (SSSR count). The molecule has 2 heterocycles. The van der Waals surface area contributed by atoms with Gasteiger partial charge < -0.3 is 20.5 Å². The first kappa shape index (κ1) is 24.8. The van der Waals surface area contributed by atoms with Crippen LogP contribution in [0.15, 0.2) is 54.6 Å². The number of aromatic nitrogens is 1. The van der Waals surface area contributed by atoms with Crippen LogP contribution in [0.1, 0.15) is 33.6 Å². The summed E-state index contributed by atoms with van der Waals surface area (Å²) >= 11 is 12.1. The van der Waals surface area contributed by atoms with Gasteiger partial charge in [0.15, 0.2) is 11.6 Å². The van der Waals surface area contributed by atoms with E-state index in [4.69, 9.17) is 27.9 Å². The Morgan fingerprint density at radius 3 is 2.46 bits per heavy atom. The van der Waals surface area contributed by atoms with Gasteiger partial charge in [0.1, 0.15) is 12.6 Å². The van der Waals surface area contributed by atoms with Gasteiger partial charge in [-0.3, -0.25) is 4.79 Å². The van der Waals surface area contributed by atoms with Crippen LogP contribution in [0.5, 0.6) is 5.75 Å². The molecule has 35 heavy (non-hydrogen) atoms. The molecule has 1 aliphatic rings. The van der Waals surface area contributed by atoms with Gasteiger partial charge in [0.05, 0.1) is 22.2 Å². The molecule has 182 valence electrons. The monoisotopic (exact) mass is 513 g/mol. The van der Waals surface area contributed by atoms with Crippen molar-refractivity contribution in [2.75, 3.05) is 18.5 Å². The molecule has 0 aliphatic carbocycles. The number of hydrogen-bond acceptors (Lipinski definition) is 5. The zero-order chi connectivity index (χ0) is 24.8. The summed E-state index contributed by atoms with van der Waals surface area (Å²) in [4.78, 5) is 29.0. The molecule has 1 aromatic heterocycles. The van der Waals surface area contributed by atoms with Crippen molar-refractivity contribution in [2.24, 2.45) is 0 Å². The smallest absolute Gasteiger partial charge is 0.326 e. The summed E-state index contributed by atoms with van der Waals surface area (Å²) in [5.74, 6) is -0.165. The van der Waals surface area contributed by atoms with Gasteiger partial charge in [-0.2, -0.15) is 0 Å². The SMILES string of the molecule is O=C(N[C@@H](Cc1ccc(CCCc2ccc3c(n2)NCCO3)cc1)C(=O)O)c1c(Cl)cccc1Cl. The Morgan fingerprint density at radius 2 is 1.74 bits per heavy atom. The van der Waals surface area contributed by atoms with E-state index in [2.05, 4.69) is 15.6 Å². The quantitative estimate of drug-likeness (QED) is 0.380. The largest absolute Gasteiger partial charge is 0.488 e. The molecular formula is C26H25Cl2N3O4. The van der Waals surface area contributed by atoms with Crippen molar-refractivity contribution in [1.82, 2.24) is 10.3 Å². The number of pyridine rings is 1. The molecule has 9 heteroatoms. The molecule has 7 nitrogen and oxygen atoms in total. The lowest BCUT2D eigenvalue weighted by atomic mass is 10.0. The number of amides is 1. The molecule has 0 fully saturated rings. The average Bonchev–Trinajstić information content (AvgIpc) is 2.84. The van der Waals surface area contributed by atoms with Crippen molar-refractivity contribution in [3.05, 3.63) is 87.0 Å². The number of anilines is 1. The molecule has 0 spiro atoms. The Hall–Kier alpha value is -3.29. The predicted molar refractivity (Wildman–Crippen MR) is 136 cm³/mol. The van der Waals surface area contributed by atoms with Crippen LogP contribution in [-0.2, 0) is 24.1 Å². The van der Waals surface area contributed by atoms with Crippen LogP contribution in [0.3, 0.4) is 0 Å². The third kappa shape index (κ3) is 6.44. The first-order valence-electron chi connectivity index (χ1n) is 11.3. The van der Waals surface area contributed by atoms with Gasteiger partial charge in [0.25, 0.3) is 5.91 Å². The van der Waals surface area contributed by atoms with Gasteiger partial charge >= 0.3 is 5.97 Å². The van der Waals surface area contributed by atoms with Crippen LogP contribution in [-0.4, -0.2) is 41.2 Å². The molecule has 0 bridgehead atoms. The fourth-order valence-corrected chi connectivity index (χ4v) is 4.47. The maximum absolute atomic E-state index is 12.6. The number of benzene rings is 2. The van der Waals surface area contributed by atoms with E-state index in [1.165, 1.54) is 12.1 Å². The second-order valence-electron chi connectivity index (χ2n) is 8.26. The number of rotatable bonds is 9. The van der Waals surface area contributed by atoms with Crippen LogP contribution in [0.4, 0.5) is 5.82 Å². The summed E-state index contributed by atoms with van der Waals surface area (Å²) < 4.78 is 5.56. The summed E-state index contributed by atoms with van der Waals surface area (Å²) in [5, 5.41) is 15.7. The number of aryl methyl sites for hydroxylation is 2. The van der Waals surface area contributed by atoms with E-state index in [-0.39, 0.29) is 22.0 Å². The van der Waals surface area contributed by atoms with Crippen LogP contribution >= 0.6 is 23.2 Å². The summed E-state index contributed by atoms with van der Waals surface area (Å²) in [5.41, 5.74) is 3.02. The van der Waals surface area contributed by atoms with E-state index in [1.807, 2.05) is 36.4 Å². The van der Waals surface area contributed by atoms with Crippen molar-refractivity contribution in [2.45, 2.75) is 31.7 Å². The minimum atomic E-state index is -1.14. The molecule has 2 aromatic carbocycles. The highest BCUT2D eigenvalue weighted by molar-refractivity contribution is 6.39. The zero-order valence-corrected chi connectivity index (χ0v) is 20.4. The van der Waals surface area contributed by atoms with Crippen molar-refractivity contribution in [3.8, 4) is 5.75 Å². The van der Waals surface area contributed by atoms with Crippen LogP contribution < -0.4 is 15.4 Å². The molecule has 3 aromatic rings. The number of carboxylic acids is 1. The number of nitrogens with zero attached hydrogens (tertiary/aromatic N) is 1. The van der Waals surface area contributed by atoms with Crippen molar-refractivity contribution in [3.63, 3.8) is 0 Å². The molecule has 0 unspecified atom stereocenters. The number of nitrogens with one attached hydrogen (secondary N) is 2. The lowest BCUT2D eigenvalue weighted by Crippen LogP contribution is -2.42. The Bertz CT molecular complexity index is 1200. The second kappa shape index (κ2) is 11.4. The number of carboxylic acid groups (broad SMARTS) is 1. The van der Waals surface area contributed by atoms with E-state index in [9.17, 15) is 14.7 Å². The van der Waals surface area contributed by atoms with Gasteiger partial charge in [-0.05, 0) is 54.7 Å². The summed E-state index contributed by atoms with van der Waals surface area (Å²) in [6.45, 7) is 1.41. The second-order valence-corrected chi connectivity index (χ2v) is 9.07. The highest BCUT2D eigenvalue weighted by Gasteiger charge is 2.23. The highest BCUT2D eigenvalue weighted by Crippen LogP contribution is 2.26. The number of fused-ring (bicyclic) bond motifs is 1. The molecule has 1 aliphatic heterocycles. The standard InChI is InChI=1S/C26H25Cl2N3O4/c27-19-5-2-6-20(28)23(19)25(32)31-21(26(33)34)15-17-9-7-16(8-10-17)3-1-4-18-11-12-22-24(30-18)29-13-14-35-22/h2,5-12,21H,1,3-4,13-15H2,(H,29,30)(H,31,32)(H,33,34)/t21-/m0/s1. The Balaban J connectivity index is 1.31. The Morgan fingerprint density at radius 1 is 1.03 bits per heavy atom. The topological polar surface area (TPSA) is 101 Å². The van der Waals surface area contributed by atoms with Crippen molar-refractivity contribution >= 4 is 40.9 Å². The molecule has 0 saturated carbocycles. The highest BCUT2D eigenvalue weighted by atomic mass is 35.5. The van der Waals surface area contributed by atoms with Crippen LogP contribution in [0, 0.1) is 0 Å². The van der Waals surface area contributed by atoms with Gasteiger partial charge in [-0.25, -0.2) is 9.78 Å². The van der Waals surface area contributed by atoms with Crippen molar-refractivity contribution < 1.29 is 19.4 Å². The number of aliphatic carboxylic acids is 1. The lowest BCUT2D eigenvalue weighted by molar-refractivity contribution is -0.139. The van der Waals surface area contributed by atoms with E-state index in [1.54, 1.807) is 6.07 Å². The van der Waals surface area contributed by atoms with E-state index in [0.29, 0.717) is 6.61 Å². The number of halogens is 2. The first-order valence-corrected chi connectivity index (χ1v) is 12.1. The Kier molecular flexibility index (Phi) is 8.10. The third-order valence-corrected chi connectivity index (χ3v) is 6.35. The maximum atomic E-state index is 12.6. The van der Waals surface area contributed by atoms with Gasteiger partial charge in [0, 0.05) is 12.1 Å².